The van der Waals surface area contributed by atoms with Crippen molar-refractivity contribution in [3.05, 3.63) is 60.7 Å². The molecule has 3 saturated carbocycles. The van der Waals surface area contributed by atoms with Crippen LogP contribution in [0.2, 0.25) is 0 Å². The Morgan fingerprint density at radius 3 is 2.86 bits per heavy atom. The largest absolute Gasteiger partial charge is 0.461 e. The van der Waals surface area contributed by atoms with Gasteiger partial charge in [0.2, 0.25) is 0 Å². The lowest BCUT2D eigenvalue weighted by atomic mass is 9.44. The number of nitrogens with zero attached hydrogens (tertiary/aromatic N) is 1. The second-order valence-corrected chi connectivity index (χ2v) is 15.2. The minimum Gasteiger partial charge on any atom is -0.461 e. The molecule has 1 aromatic heterocycles. The second kappa shape index (κ2) is 13.1. The molecule has 0 radical (unpaired) electrons. The third-order valence-corrected chi connectivity index (χ3v) is 12.6. The molecular formula is C35H50N4O4S. The van der Waals surface area contributed by atoms with Crippen molar-refractivity contribution in [2.45, 2.75) is 95.9 Å². The Labute approximate surface area is 266 Å². The Bertz CT molecular complexity index is 1340. The Morgan fingerprint density at radius 1 is 1.34 bits per heavy atom. The number of aliphatic hydroxyl groups excluding tert-OH is 1. The Morgan fingerprint density at radius 2 is 2.14 bits per heavy atom. The average Bonchev–Trinajstić information content (AvgIpc) is 3.65. The highest BCUT2D eigenvalue weighted by Gasteiger charge is 2.68. The number of rotatable bonds is 11. The molecule has 3 unspecified atom stereocenters. The van der Waals surface area contributed by atoms with E-state index in [0.29, 0.717) is 25.9 Å². The number of aromatic nitrogens is 2. The van der Waals surface area contributed by atoms with E-state index in [9.17, 15) is 14.7 Å². The Kier molecular flexibility index (Phi) is 9.81. The van der Waals surface area contributed by atoms with Gasteiger partial charge < -0.3 is 25.9 Å². The molecular weight excluding hydrogens is 572 g/mol. The van der Waals surface area contributed by atoms with Crippen molar-refractivity contribution in [2.24, 2.45) is 39.7 Å². The van der Waals surface area contributed by atoms with Gasteiger partial charge in [-0.3, -0.25) is 9.59 Å². The Hall–Kier alpha value is -2.46. The van der Waals surface area contributed by atoms with Crippen LogP contribution in [0.1, 0.15) is 71.1 Å². The van der Waals surface area contributed by atoms with Crippen LogP contribution in [0.15, 0.2) is 54.3 Å². The van der Waals surface area contributed by atoms with Gasteiger partial charge >= 0.3 is 5.97 Å². The van der Waals surface area contributed by atoms with E-state index in [2.05, 4.69) is 54.8 Å². The van der Waals surface area contributed by atoms with Gasteiger partial charge in [-0.25, -0.2) is 4.98 Å². The first-order chi connectivity index (χ1) is 20.9. The maximum atomic E-state index is 13.6. The number of carbonyl (C=O) groups is 2. The maximum absolute atomic E-state index is 13.6. The van der Waals surface area contributed by atoms with E-state index in [0.717, 1.165) is 41.8 Å². The van der Waals surface area contributed by atoms with Crippen LogP contribution < -0.4 is 11.1 Å². The van der Waals surface area contributed by atoms with Gasteiger partial charge in [0.15, 0.2) is 0 Å². The normalized spacial score (nSPS) is 35.8. The SMILES string of the molecule is C=C[C@]1(C)C[C@@H](OC(=O)CSc2cccc(CNC[C@@H](N)Cc3cnc[nH]3)c2)[C@]2(C)C(C)CCC3(CCC(=O)C32)[C@@H](C)[C@@H]1O. The van der Waals surface area contributed by atoms with Crippen LogP contribution in [-0.2, 0) is 27.3 Å². The number of hydrogen-bond donors (Lipinski definition) is 4. The third kappa shape index (κ3) is 6.17. The summed E-state index contributed by atoms with van der Waals surface area (Å²) in [5.74, 6) is 0.0814. The zero-order chi connectivity index (χ0) is 31.7. The fourth-order valence-electron chi connectivity index (χ4n) is 8.73. The van der Waals surface area contributed by atoms with E-state index in [1.54, 1.807) is 12.5 Å². The monoisotopic (exact) mass is 622 g/mol. The number of ketones is 1. The molecule has 5 rings (SSSR count). The van der Waals surface area contributed by atoms with Crippen molar-refractivity contribution in [3.8, 4) is 0 Å². The summed E-state index contributed by atoms with van der Waals surface area (Å²) in [6.45, 7) is 14.0. The van der Waals surface area contributed by atoms with Crippen LogP contribution in [0, 0.1) is 34.0 Å². The molecule has 5 N–H and O–H groups in total. The summed E-state index contributed by atoms with van der Waals surface area (Å²) in [7, 11) is 0. The number of Topliss-reactive ketones (excluding diaryl/α,β-unsaturated/α-hetero) is 1. The molecule has 2 bridgehead atoms. The topological polar surface area (TPSA) is 130 Å². The van der Waals surface area contributed by atoms with Crippen molar-refractivity contribution in [1.82, 2.24) is 15.3 Å². The van der Waals surface area contributed by atoms with E-state index in [1.807, 2.05) is 25.1 Å². The smallest absolute Gasteiger partial charge is 0.316 e. The molecule has 3 aliphatic carbocycles. The first-order valence-corrected chi connectivity index (χ1v) is 17.1. The molecule has 0 amide bonds. The Balaban J connectivity index is 1.25. The molecule has 2 aromatic rings. The number of benzene rings is 1. The highest BCUT2D eigenvalue weighted by Crippen LogP contribution is 2.68. The molecule has 3 fully saturated rings. The van der Waals surface area contributed by atoms with Gasteiger partial charge in [0.25, 0.3) is 0 Å². The molecule has 1 heterocycles. The number of nitrogens with two attached hydrogens (primary N) is 1. The van der Waals surface area contributed by atoms with Crippen LogP contribution in [0.5, 0.6) is 0 Å². The predicted molar refractivity (Wildman–Crippen MR) is 174 cm³/mol. The summed E-state index contributed by atoms with van der Waals surface area (Å²) < 4.78 is 6.40. The molecule has 9 heteroatoms. The minimum absolute atomic E-state index is 0.0261. The first kappa shape index (κ1) is 32.9. The molecule has 240 valence electrons. The quantitative estimate of drug-likeness (QED) is 0.155. The molecule has 0 aliphatic heterocycles. The van der Waals surface area contributed by atoms with Gasteiger partial charge in [0, 0.05) is 65.5 Å². The van der Waals surface area contributed by atoms with Crippen molar-refractivity contribution in [1.29, 1.82) is 0 Å². The number of nitrogens with one attached hydrogen (secondary N) is 2. The summed E-state index contributed by atoms with van der Waals surface area (Å²) >= 11 is 1.46. The third-order valence-electron chi connectivity index (χ3n) is 11.6. The fraction of sp³-hybridized carbons (Fsp3) is 0.629. The predicted octanol–water partition coefficient (Wildman–Crippen LogP) is 5.07. The van der Waals surface area contributed by atoms with Gasteiger partial charge in [-0.15, -0.1) is 18.3 Å². The number of H-pyrrole nitrogens is 1. The number of esters is 1. The maximum Gasteiger partial charge on any atom is 0.316 e. The molecule has 0 spiro atoms. The lowest BCUT2D eigenvalue weighted by Crippen LogP contribution is -2.63. The van der Waals surface area contributed by atoms with Gasteiger partial charge in [-0.2, -0.15) is 0 Å². The number of imidazole rings is 1. The zero-order valence-corrected chi connectivity index (χ0v) is 27.5. The summed E-state index contributed by atoms with van der Waals surface area (Å²) in [5, 5.41) is 15.2. The van der Waals surface area contributed by atoms with Crippen LogP contribution in [-0.4, -0.2) is 57.4 Å². The van der Waals surface area contributed by atoms with E-state index in [-0.39, 0.29) is 46.7 Å². The highest BCUT2D eigenvalue weighted by molar-refractivity contribution is 8.00. The number of carbonyl (C=O) groups excluding carboxylic acids is 2. The highest BCUT2D eigenvalue weighted by atomic mass is 32.2. The van der Waals surface area contributed by atoms with Gasteiger partial charge in [-0.1, -0.05) is 45.9 Å². The lowest BCUT2D eigenvalue weighted by molar-refractivity contribution is -0.205. The van der Waals surface area contributed by atoms with Crippen LogP contribution in [0.3, 0.4) is 0 Å². The summed E-state index contributed by atoms with van der Waals surface area (Å²) in [4.78, 5) is 35.2. The van der Waals surface area contributed by atoms with Gasteiger partial charge in [0.1, 0.15) is 11.9 Å². The molecule has 3 aliphatic rings. The second-order valence-electron chi connectivity index (χ2n) is 14.2. The molecule has 1 aromatic carbocycles. The zero-order valence-electron chi connectivity index (χ0n) is 26.7. The summed E-state index contributed by atoms with van der Waals surface area (Å²) in [5.41, 5.74) is 6.97. The molecule has 9 atom stereocenters. The number of hydrogen-bond acceptors (Lipinski definition) is 8. The molecule has 8 nitrogen and oxygen atoms in total. The van der Waals surface area contributed by atoms with E-state index < -0.39 is 23.0 Å². The van der Waals surface area contributed by atoms with Crippen molar-refractivity contribution < 1.29 is 19.4 Å². The van der Waals surface area contributed by atoms with Crippen LogP contribution >= 0.6 is 11.8 Å². The number of ether oxygens (including phenoxy) is 1. The molecule has 44 heavy (non-hydrogen) atoms. The first-order valence-electron chi connectivity index (χ1n) is 16.1. The number of thioether (sulfide) groups is 1. The van der Waals surface area contributed by atoms with E-state index in [1.165, 1.54) is 11.8 Å². The summed E-state index contributed by atoms with van der Waals surface area (Å²) in [6, 6.07) is 8.12. The van der Waals surface area contributed by atoms with Crippen molar-refractivity contribution >= 4 is 23.5 Å². The van der Waals surface area contributed by atoms with Crippen molar-refractivity contribution in [2.75, 3.05) is 12.3 Å². The summed E-state index contributed by atoms with van der Waals surface area (Å²) in [6.07, 6.45) is 8.51. The van der Waals surface area contributed by atoms with Crippen LogP contribution in [0.25, 0.3) is 0 Å². The van der Waals surface area contributed by atoms with E-state index in [4.69, 9.17) is 10.5 Å². The fourth-order valence-corrected chi connectivity index (χ4v) is 9.50. The minimum atomic E-state index is -0.668. The lowest BCUT2D eigenvalue weighted by Gasteiger charge is -2.61. The standard InChI is InChI=1S/C35H50N4O4S/c1-6-33(4)16-29(34(5)22(2)10-12-35(23(3)32(33)42)13-11-28(40)31(34)35)43-30(41)20-44-27-9-7-8-24(14-27)17-37-18-25(36)15-26-19-38-21-39-26/h6-9,14,19,21-23,25,29,31-32,37,42H,1,10-13,15-18,20,36H2,2-5H3,(H,38,39)/t22?,23-,25-,29+,31?,32-,33+,34-,35?/m0/s1. The van der Waals surface area contributed by atoms with Gasteiger partial charge in [0.05, 0.1) is 18.2 Å². The number of aliphatic hydroxyl groups is 1. The van der Waals surface area contributed by atoms with Crippen LogP contribution in [0.4, 0.5) is 0 Å². The van der Waals surface area contributed by atoms with Crippen molar-refractivity contribution in [3.63, 3.8) is 0 Å². The average molecular weight is 623 g/mol. The molecule has 0 saturated heterocycles. The van der Waals surface area contributed by atoms with Gasteiger partial charge in [-0.05, 0) is 60.6 Å². The number of aromatic amines is 1. The van der Waals surface area contributed by atoms with E-state index >= 15 is 0 Å².